The van der Waals surface area contributed by atoms with Crippen LogP contribution in [0.3, 0.4) is 0 Å². The molecule has 0 amide bonds. The van der Waals surface area contributed by atoms with E-state index in [4.69, 9.17) is 14.2 Å². The van der Waals surface area contributed by atoms with E-state index in [1.807, 2.05) is 20.8 Å². The summed E-state index contributed by atoms with van der Waals surface area (Å²) in [5.41, 5.74) is -0.331. The first-order valence-electron chi connectivity index (χ1n) is 7.59. The molecule has 0 radical (unpaired) electrons. The molecule has 0 aliphatic heterocycles. The van der Waals surface area contributed by atoms with E-state index < -0.39 is 24.5 Å². The summed E-state index contributed by atoms with van der Waals surface area (Å²) in [5, 5.41) is 0. The van der Waals surface area contributed by atoms with E-state index in [0.717, 1.165) is 0 Å². The highest BCUT2D eigenvalue weighted by Gasteiger charge is 2.27. The minimum absolute atomic E-state index is 0.140. The number of rotatable bonds is 3. The zero-order valence-electron chi connectivity index (χ0n) is 14.4. The molecule has 0 fully saturated rings. The van der Waals surface area contributed by atoms with E-state index in [-0.39, 0.29) is 11.7 Å². The standard InChI is InChI=1S/C16H26O7/c1-16(2,3)23-13-9-7-11(21-14(17)19-4)6-8-12(10-13)22-15(18)20-5/h6,8,11-13H,7,9-10H2,1-5H3/b8-6+. The number of ether oxygens (including phenoxy) is 5. The first-order valence-corrected chi connectivity index (χ1v) is 7.59. The van der Waals surface area contributed by atoms with Crippen LogP contribution in [0.2, 0.25) is 0 Å². The lowest BCUT2D eigenvalue weighted by Gasteiger charge is -2.31. The van der Waals surface area contributed by atoms with E-state index in [2.05, 4.69) is 9.47 Å². The average Bonchev–Trinajstić information content (AvgIpc) is 2.45. The second-order valence-electron chi connectivity index (χ2n) is 6.27. The van der Waals surface area contributed by atoms with Gasteiger partial charge < -0.3 is 23.7 Å². The average molecular weight is 330 g/mol. The summed E-state index contributed by atoms with van der Waals surface area (Å²) >= 11 is 0. The molecule has 0 aromatic rings. The molecule has 1 rings (SSSR count). The van der Waals surface area contributed by atoms with Crippen LogP contribution in [-0.4, -0.2) is 50.4 Å². The first kappa shape index (κ1) is 19.3. The van der Waals surface area contributed by atoms with Crippen LogP contribution in [0.5, 0.6) is 0 Å². The SMILES string of the molecule is COC(=O)OC1/C=C/C(OC(=O)OC)CC(OC(C)(C)C)CC1. The van der Waals surface area contributed by atoms with Crippen LogP contribution in [0.1, 0.15) is 40.0 Å². The first-order chi connectivity index (χ1) is 10.7. The monoisotopic (exact) mass is 330 g/mol. The van der Waals surface area contributed by atoms with Gasteiger partial charge in [-0.15, -0.1) is 0 Å². The van der Waals surface area contributed by atoms with E-state index >= 15 is 0 Å². The van der Waals surface area contributed by atoms with Crippen molar-refractivity contribution in [3.05, 3.63) is 12.2 Å². The van der Waals surface area contributed by atoms with Gasteiger partial charge in [-0.1, -0.05) is 0 Å². The molecule has 1 aliphatic rings. The van der Waals surface area contributed by atoms with Crippen molar-refractivity contribution in [1.82, 2.24) is 0 Å². The van der Waals surface area contributed by atoms with Crippen LogP contribution in [-0.2, 0) is 23.7 Å². The van der Waals surface area contributed by atoms with Crippen molar-refractivity contribution in [1.29, 1.82) is 0 Å². The molecular weight excluding hydrogens is 304 g/mol. The van der Waals surface area contributed by atoms with Crippen molar-refractivity contribution in [2.24, 2.45) is 0 Å². The largest absolute Gasteiger partial charge is 0.508 e. The van der Waals surface area contributed by atoms with Crippen molar-refractivity contribution in [3.63, 3.8) is 0 Å². The van der Waals surface area contributed by atoms with Gasteiger partial charge in [-0.3, -0.25) is 0 Å². The fourth-order valence-electron chi connectivity index (χ4n) is 2.29. The van der Waals surface area contributed by atoms with Gasteiger partial charge in [0, 0.05) is 6.42 Å². The van der Waals surface area contributed by atoms with Gasteiger partial charge in [0.15, 0.2) is 0 Å². The maximum atomic E-state index is 11.4. The lowest BCUT2D eigenvalue weighted by atomic mass is 9.98. The maximum Gasteiger partial charge on any atom is 0.508 e. The summed E-state index contributed by atoms with van der Waals surface area (Å²) < 4.78 is 25.4. The predicted molar refractivity (Wildman–Crippen MR) is 82.2 cm³/mol. The Balaban J connectivity index is 2.81. The number of methoxy groups -OCH3 is 2. The molecule has 7 nitrogen and oxygen atoms in total. The molecule has 7 heteroatoms. The smallest absolute Gasteiger partial charge is 0.438 e. The molecule has 0 aromatic carbocycles. The lowest BCUT2D eigenvalue weighted by Crippen LogP contribution is -2.33. The molecule has 0 saturated heterocycles. The highest BCUT2D eigenvalue weighted by molar-refractivity contribution is 5.60. The molecule has 3 unspecified atom stereocenters. The summed E-state index contributed by atoms with van der Waals surface area (Å²) in [4.78, 5) is 22.6. The Morgan fingerprint density at radius 1 is 0.913 bits per heavy atom. The zero-order valence-corrected chi connectivity index (χ0v) is 14.4. The van der Waals surface area contributed by atoms with Gasteiger partial charge in [-0.05, 0) is 45.8 Å². The number of carbonyl (C=O) groups excluding carboxylic acids is 2. The van der Waals surface area contributed by atoms with E-state index in [0.29, 0.717) is 19.3 Å². The van der Waals surface area contributed by atoms with Gasteiger partial charge >= 0.3 is 12.3 Å². The third-order valence-corrected chi connectivity index (χ3v) is 3.16. The fraction of sp³-hybridized carbons (Fsp3) is 0.750. The molecule has 3 atom stereocenters. The number of hydrogen-bond acceptors (Lipinski definition) is 7. The Labute approximate surface area is 136 Å². The molecular formula is C16H26O7. The molecule has 0 saturated carbocycles. The summed E-state index contributed by atoms with van der Waals surface area (Å²) in [6.07, 6.45) is 2.50. The zero-order chi connectivity index (χ0) is 17.5. The summed E-state index contributed by atoms with van der Waals surface area (Å²) in [6.45, 7) is 5.88. The Morgan fingerprint density at radius 3 is 1.96 bits per heavy atom. The highest BCUT2D eigenvalue weighted by Crippen LogP contribution is 2.24. The van der Waals surface area contributed by atoms with Crippen molar-refractivity contribution in [3.8, 4) is 0 Å². The van der Waals surface area contributed by atoms with Gasteiger partial charge in [0.05, 0.1) is 25.9 Å². The number of carbonyl (C=O) groups is 2. The van der Waals surface area contributed by atoms with Crippen LogP contribution < -0.4 is 0 Å². The van der Waals surface area contributed by atoms with Gasteiger partial charge in [0.1, 0.15) is 12.2 Å². The van der Waals surface area contributed by atoms with Crippen molar-refractivity contribution < 1.29 is 33.3 Å². The van der Waals surface area contributed by atoms with Crippen molar-refractivity contribution >= 4 is 12.3 Å². The molecule has 0 bridgehead atoms. The topological polar surface area (TPSA) is 80.3 Å². The van der Waals surface area contributed by atoms with Crippen molar-refractivity contribution in [2.45, 2.75) is 63.9 Å². The Kier molecular flexibility index (Phi) is 7.35. The summed E-state index contributed by atoms with van der Waals surface area (Å²) in [6, 6.07) is 0. The molecule has 0 heterocycles. The Hall–Kier alpha value is -1.76. The molecule has 0 N–H and O–H groups in total. The molecule has 1 aliphatic carbocycles. The second kappa shape index (κ2) is 8.76. The highest BCUT2D eigenvalue weighted by atomic mass is 16.7. The molecule has 23 heavy (non-hydrogen) atoms. The third-order valence-electron chi connectivity index (χ3n) is 3.16. The second-order valence-corrected chi connectivity index (χ2v) is 6.27. The van der Waals surface area contributed by atoms with Crippen LogP contribution in [0, 0.1) is 0 Å². The third kappa shape index (κ3) is 7.88. The van der Waals surface area contributed by atoms with Crippen molar-refractivity contribution in [2.75, 3.05) is 14.2 Å². The quantitative estimate of drug-likeness (QED) is 0.580. The van der Waals surface area contributed by atoms with Crippen LogP contribution in [0.4, 0.5) is 9.59 Å². The van der Waals surface area contributed by atoms with E-state index in [1.54, 1.807) is 12.2 Å². The minimum Gasteiger partial charge on any atom is -0.438 e. The van der Waals surface area contributed by atoms with E-state index in [1.165, 1.54) is 14.2 Å². The molecule has 0 spiro atoms. The normalized spacial score (nSPS) is 26.4. The van der Waals surface area contributed by atoms with Gasteiger partial charge in [-0.25, -0.2) is 9.59 Å². The minimum atomic E-state index is -0.764. The Morgan fingerprint density at radius 2 is 1.43 bits per heavy atom. The fourth-order valence-corrected chi connectivity index (χ4v) is 2.29. The lowest BCUT2D eigenvalue weighted by molar-refractivity contribution is -0.0837. The van der Waals surface area contributed by atoms with E-state index in [9.17, 15) is 9.59 Å². The molecule has 0 aromatic heterocycles. The van der Waals surface area contributed by atoms with Gasteiger partial charge in [0.25, 0.3) is 0 Å². The van der Waals surface area contributed by atoms with Crippen LogP contribution in [0.25, 0.3) is 0 Å². The summed E-state index contributed by atoms with van der Waals surface area (Å²) in [5.74, 6) is 0. The van der Waals surface area contributed by atoms with Crippen LogP contribution >= 0.6 is 0 Å². The van der Waals surface area contributed by atoms with Gasteiger partial charge in [0.2, 0.25) is 0 Å². The van der Waals surface area contributed by atoms with Crippen LogP contribution in [0.15, 0.2) is 12.2 Å². The Bertz CT molecular complexity index is 425. The van der Waals surface area contributed by atoms with Gasteiger partial charge in [-0.2, -0.15) is 0 Å². The maximum absolute atomic E-state index is 11.4. The summed E-state index contributed by atoms with van der Waals surface area (Å²) in [7, 11) is 2.50. The number of hydrogen-bond donors (Lipinski definition) is 0. The molecule has 132 valence electrons. The predicted octanol–water partition coefficient (Wildman–Crippen LogP) is 3.21.